The van der Waals surface area contributed by atoms with Crippen LogP contribution >= 0.6 is 11.6 Å². The second-order valence-corrected chi connectivity index (χ2v) is 10.1. The Morgan fingerprint density at radius 2 is 1.92 bits per heavy atom. The molecule has 10 heteroatoms. The van der Waals surface area contributed by atoms with Crippen LogP contribution in [0.25, 0.3) is 22.4 Å². The molecule has 3 aliphatic heterocycles. The van der Waals surface area contributed by atoms with E-state index in [1.807, 2.05) is 29.2 Å². The Morgan fingerprint density at radius 3 is 2.68 bits per heavy atom. The SMILES string of the molecule is CC(=O)N1CCC(C#Cc2ccc(-c3nc4nc(O[C@@H]5CO[C@H]6[C@@H]5OC[C@H]6O)[nH]c4cc3Cl)cc2)CC1. The number of hydrogen-bond acceptors (Lipinski definition) is 7. The molecule has 2 N–H and O–H groups in total. The van der Waals surface area contributed by atoms with Crippen molar-refractivity contribution in [2.45, 2.75) is 44.2 Å². The molecule has 6 rings (SSSR count). The number of aromatic nitrogens is 3. The average Bonchev–Trinajstić information content (AvgIpc) is 3.59. The monoisotopic (exact) mass is 522 g/mol. The van der Waals surface area contributed by atoms with E-state index in [1.165, 1.54) is 0 Å². The lowest BCUT2D eigenvalue weighted by Crippen LogP contribution is -2.36. The number of piperidine rings is 1. The van der Waals surface area contributed by atoms with E-state index in [1.54, 1.807) is 13.0 Å². The molecule has 0 aliphatic carbocycles. The van der Waals surface area contributed by atoms with E-state index in [0.717, 1.165) is 37.1 Å². The molecule has 192 valence electrons. The number of aliphatic hydroxyl groups excluding tert-OH is 1. The molecule has 3 saturated heterocycles. The zero-order valence-electron chi connectivity index (χ0n) is 20.3. The van der Waals surface area contributed by atoms with E-state index in [0.29, 0.717) is 40.4 Å². The lowest BCUT2D eigenvalue weighted by molar-refractivity contribution is -0.129. The maximum Gasteiger partial charge on any atom is 0.296 e. The van der Waals surface area contributed by atoms with E-state index in [-0.39, 0.29) is 30.8 Å². The second-order valence-electron chi connectivity index (χ2n) is 9.68. The number of rotatable bonds is 3. The summed E-state index contributed by atoms with van der Waals surface area (Å²) in [6.07, 6.45) is 0.104. The molecule has 3 aliphatic rings. The highest BCUT2D eigenvalue weighted by atomic mass is 35.5. The lowest BCUT2D eigenvalue weighted by atomic mass is 9.97. The number of ether oxygens (including phenoxy) is 3. The van der Waals surface area contributed by atoms with Crippen molar-refractivity contribution in [1.29, 1.82) is 0 Å². The van der Waals surface area contributed by atoms with Gasteiger partial charge in [0.15, 0.2) is 11.8 Å². The number of benzene rings is 1. The zero-order chi connectivity index (χ0) is 25.5. The van der Waals surface area contributed by atoms with Gasteiger partial charge in [-0.1, -0.05) is 35.6 Å². The van der Waals surface area contributed by atoms with Gasteiger partial charge in [0.25, 0.3) is 6.01 Å². The zero-order valence-corrected chi connectivity index (χ0v) is 21.1. The maximum atomic E-state index is 11.5. The highest BCUT2D eigenvalue weighted by Gasteiger charge is 2.48. The number of amides is 1. The van der Waals surface area contributed by atoms with Crippen LogP contribution in [0.5, 0.6) is 6.01 Å². The molecule has 1 aromatic carbocycles. The summed E-state index contributed by atoms with van der Waals surface area (Å²) in [4.78, 5) is 25.6. The number of pyridine rings is 1. The van der Waals surface area contributed by atoms with Crippen molar-refractivity contribution >= 4 is 28.7 Å². The number of carbonyl (C=O) groups is 1. The molecule has 0 unspecified atom stereocenters. The van der Waals surface area contributed by atoms with Crippen molar-refractivity contribution in [2.24, 2.45) is 5.92 Å². The van der Waals surface area contributed by atoms with Crippen molar-refractivity contribution in [1.82, 2.24) is 19.9 Å². The van der Waals surface area contributed by atoms with Gasteiger partial charge in [-0.25, -0.2) is 4.98 Å². The minimum Gasteiger partial charge on any atom is -0.456 e. The smallest absolute Gasteiger partial charge is 0.296 e. The molecule has 3 aromatic rings. The van der Waals surface area contributed by atoms with Crippen LogP contribution in [-0.4, -0.2) is 81.6 Å². The van der Waals surface area contributed by atoms with Crippen molar-refractivity contribution in [3.63, 3.8) is 0 Å². The van der Waals surface area contributed by atoms with Crippen LogP contribution in [0, 0.1) is 17.8 Å². The maximum absolute atomic E-state index is 11.5. The Balaban J connectivity index is 1.15. The van der Waals surface area contributed by atoms with Crippen molar-refractivity contribution < 1.29 is 24.1 Å². The minimum atomic E-state index is -0.638. The van der Waals surface area contributed by atoms with E-state index in [4.69, 9.17) is 25.8 Å². The number of imidazole rings is 1. The van der Waals surface area contributed by atoms with Crippen molar-refractivity contribution in [3.8, 4) is 29.1 Å². The number of hydrogen-bond donors (Lipinski definition) is 2. The van der Waals surface area contributed by atoms with E-state index < -0.39 is 6.10 Å². The normalized spacial score (nSPS) is 25.6. The Hall–Kier alpha value is -3.16. The molecule has 9 nitrogen and oxygen atoms in total. The summed E-state index contributed by atoms with van der Waals surface area (Å²) in [5.41, 5.74) is 3.54. The average molecular weight is 523 g/mol. The highest BCUT2D eigenvalue weighted by Crippen LogP contribution is 2.32. The van der Waals surface area contributed by atoms with Crippen LogP contribution in [0.2, 0.25) is 5.02 Å². The summed E-state index contributed by atoms with van der Waals surface area (Å²) >= 11 is 6.57. The van der Waals surface area contributed by atoms with Gasteiger partial charge in [0.05, 0.1) is 29.4 Å². The van der Waals surface area contributed by atoms with Crippen LogP contribution in [0.4, 0.5) is 0 Å². The van der Waals surface area contributed by atoms with Gasteiger partial charge in [-0.3, -0.25) is 4.79 Å². The van der Waals surface area contributed by atoms with Crippen LogP contribution in [-0.2, 0) is 14.3 Å². The Morgan fingerprint density at radius 1 is 1.16 bits per heavy atom. The predicted molar refractivity (Wildman–Crippen MR) is 136 cm³/mol. The molecule has 2 aromatic heterocycles. The standard InChI is InChI=1S/C27H27ClN4O5/c1-15(33)32-10-8-17(9-11-32)3-2-16-4-6-18(7-5-16)23-19(28)12-20-26(30-23)31-27(29-20)37-22-14-36-24-21(34)13-35-25(22)24/h4-7,12,17,21-22,24-25,34H,8-11,13-14H2,1H3,(H,29,30,31)/t21-,22-,24-,25-/m1/s1. The molecule has 0 bridgehead atoms. The van der Waals surface area contributed by atoms with Crippen LogP contribution in [0.3, 0.4) is 0 Å². The first-order valence-electron chi connectivity index (χ1n) is 12.5. The number of likely N-dealkylation sites (tertiary alicyclic amines) is 1. The Kier molecular flexibility index (Phi) is 6.51. The number of halogens is 1. The summed E-state index contributed by atoms with van der Waals surface area (Å²) in [6, 6.07) is 9.90. The molecule has 1 amide bonds. The molecular formula is C27H27ClN4O5. The number of H-pyrrole nitrogens is 1. The first kappa shape index (κ1) is 24.2. The second kappa shape index (κ2) is 9.95. The quantitative estimate of drug-likeness (QED) is 0.509. The topological polar surface area (TPSA) is 110 Å². The van der Waals surface area contributed by atoms with Crippen molar-refractivity contribution in [3.05, 3.63) is 40.9 Å². The van der Waals surface area contributed by atoms with Gasteiger partial charge in [-0.2, -0.15) is 4.98 Å². The number of fused-ring (bicyclic) bond motifs is 2. The molecule has 0 spiro atoms. The number of nitrogens with one attached hydrogen (secondary N) is 1. The number of carbonyl (C=O) groups excluding carboxylic acids is 1. The third-order valence-corrected chi connectivity index (χ3v) is 7.46. The Labute approximate surface area is 219 Å². The van der Waals surface area contributed by atoms with Gasteiger partial charge in [0.1, 0.15) is 18.3 Å². The van der Waals surface area contributed by atoms with Gasteiger partial charge in [0, 0.05) is 37.1 Å². The number of aromatic amines is 1. The molecule has 37 heavy (non-hydrogen) atoms. The molecule has 5 heterocycles. The minimum absolute atomic E-state index is 0.131. The molecule has 4 atom stereocenters. The van der Waals surface area contributed by atoms with Crippen molar-refractivity contribution in [2.75, 3.05) is 26.3 Å². The van der Waals surface area contributed by atoms with Gasteiger partial charge in [0.2, 0.25) is 5.91 Å². The summed E-state index contributed by atoms with van der Waals surface area (Å²) in [7, 11) is 0. The van der Waals surface area contributed by atoms with Gasteiger partial charge in [-0.05, 0) is 31.0 Å². The summed E-state index contributed by atoms with van der Waals surface area (Å²) in [5, 5.41) is 10.4. The summed E-state index contributed by atoms with van der Waals surface area (Å²) in [6.45, 7) is 3.71. The van der Waals surface area contributed by atoms with Gasteiger partial charge < -0.3 is 29.2 Å². The predicted octanol–water partition coefficient (Wildman–Crippen LogP) is 2.79. The van der Waals surface area contributed by atoms with Gasteiger partial charge in [-0.15, -0.1) is 0 Å². The van der Waals surface area contributed by atoms with Crippen LogP contribution in [0.15, 0.2) is 30.3 Å². The highest BCUT2D eigenvalue weighted by molar-refractivity contribution is 6.33. The van der Waals surface area contributed by atoms with E-state index in [9.17, 15) is 9.90 Å². The summed E-state index contributed by atoms with van der Waals surface area (Å²) in [5.74, 6) is 7.05. The van der Waals surface area contributed by atoms with E-state index >= 15 is 0 Å². The first-order chi connectivity index (χ1) is 17.9. The Bertz CT molecular complexity index is 1370. The number of aliphatic hydroxyl groups is 1. The molecular weight excluding hydrogens is 496 g/mol. The lowest BCUT2D eigenvalue weighted by Gasteiger charge is -2.28. The number of nitrogens with zero attached hydrogens (tertiary/aromatic N) is 3. The van der Waals surface area contributed by atoms with Crippen LogP contribution < -0.4 is 4.74 Å². The largest absolute Gasteiger partial charge is 0.456 e. The fourth-order valence-electron chi connectivity index (χ4n) is 5.08. The fourth-order valence-corrected chi connectivity index (χ4v) is 5.34. The van der Waals surface area contributed by atoms with Gasteiger partial charge >= 0.3 is 0 Å². The third kappa shape index (κ3) is 4.90. The molecule has 0 saturated carbocycles. The summed E-state index contributed by atoms with van der Waals surface area (Å²) < 4.78 is 17.2. The third-order valence-electron chi connectivity index (χ3n) is 7.17. The molecule has 0 radical (unpaired) electrons. The molecule has 3 fully saturated rings. The fraction of sp³-hybridized carbons (Fsp3) is 0.444. The van der Waals surface area contributed by atoms with Crippen LogP contribution in [0.1, 0.15) is 25.3 Å². The first-order valence-corrected chi connectivity index (χ1v) is 12.8. The van der Waals surface area contributed by atoms with E-state index in [2.05, 4.69) is 26.8 Å².